The molecular weight excluding hydrogens is 428 g/mol. The van der Waals surface area contributed by atoms with E-state index in [1.807, 2.05) is 6.07 Å². The van der Waals surface area contributed by atoms with E-state index in [1.54, 1.807) is 12.3 Å². The van der Waals surface area contributed by atoms with Gasteiger partial charge >= 0.3 is 0 Å². The second-order valence-corrected chi connectivity index (χ2v) is 11.2. The lowest BCUT2D eigenvalue weighted by Crippen LogP contribution is -2.54. The zero-order valence-corrected chi connectivity index (χ0v) is 20.3. The number of nitrogens with one attached hydrogen (secondary N) is 1. The molecule has 182 valence electrons. The molecule has 6 heteroatoms. The Morgan fingerprint density at radius 2 is 2.09 bits per heavy atom. The predicted molar refractivity (Wildman–Crippen MR) is 129 cm³/mol. The van der Waals surface area contributed by atoms with Crippen molar-refractivity contribution < 1.29 is 19.2 Å². The maximum Gasteiger partial charge on any atom is 0.261 e. The Labute approximate surface area is 202 Å². The summed E-state index contributed by atoms with van der Waals surface area (Å²) in [5, 5.41) is 18.2. The number of amides is 1. The number of oxime groups is 1. The number of aliphatic hydroxyl groups is 1. The Bertz CT molecular complexity index is 1040. The van der Waals surface area contributed by atoms with Crippen LogP contribution < -0.4 is 5.32 Å². The van der Waals surface area contributed by atoms with E-state index in [9.17, 15) is 9.90 Å². The fourth-order valence-electron chi connectivity index (χ4n) is 7.72. The number of furan rings is 1. The van der Waals surface area contributed by atoms with Crippen molar-refractivity contribution in [2.24, 2.45) is 33.7 Å². The van der Waals surface area contributed by atoms with E-state index >= 15 is 0 Å². The maximum absolute atomic E-state index is 12.0. The second-order valence-electron chi connectivity index (χ2n) is 11.2. The van der Waals surface area contributed by atoms with Gasteiger partial charge < -0.3 is 19.7 Å². The van der Waals surface area contributed by atoms with Crippen molar-refractivity contribution in [3.05, 3.63) is 35.8 Å². The molecule has 1 amide bonds. The average molecular weight is 465 g/mol. The standard InChI is InChI=1S/C28H36N2O4/c1-4-28(32)14-11-24-22-8-7-19-16-20(9-12-26(19,2)23(22)10-13-27(24,28)3)30-34-18-25(31)29-17-21-6-5-15-33-21/h1,5-6,15-16,22-24,32H,7-14,17-18H2,2-3H3,(H,29,31)/b30-20+/t22-,23-,24+,26-,27-,28+/m0/s1. The van der Waals surface area contributed by atoms with Gasteiger partial charge in [0.2, 0.25) is 0 Å². The van der Waals surface area contributed by atoms with Crippen LogP contribution in [0.5, 0.6) is 0 Å². The third-order valence-corrected chi connectivity index (χ3v) is 9.79. The number of terminal acetylenes is 1. The molecule has 2 N–H and O–H groups in total. The van der Waals surface area contributed by atoms with Crippen LogP contribution in [0.3, 0.4) is 0 Å². The van der Waals surface area contributed by atoms with E-state index in [0.29, 0.717) is 30.1 Å². The van der Waals surface area contributed by atoms with Gasteiger partial charge in [-0.1, -0.05) is 30.5 Å². The topological polar surface area (TPSA) is 84.1 Å². The monoisotopic (exact) mass is 464 g/mol. The van der Waals surface area contributed by atoms with E-state index in [4.69, 9.17) is 15.7 Å². The van der Waals surface area contributed by atoms with Gasteiger partial charge in [0.1, 0.15) is 11.4 Å². The number of hydrogen-bond donors (Lipinski definition) is 2. The maximum atomic E-state index is 12.0. The van der Waals surface area contributed by atoms with Gasteiger partial charge in [0.05, 0.1) is 18.5 Å². The molecule has 3 fully saturated rings. The summed E-state index contributed by atoms with van der Waals surface area (Å²) in [6.45, 7) is 4.91. The van der Waals surface area contributed by atoms with Crippen LogP contribution in [0, 0.1) is 40.9 Å². The summed E-state index contributed by atoms with van der Waals surface area (Å²) in [6.07, 6.45) is 17.6. The Morgan fingerprint density at radius 3 is 2.85 bits per heavy atom. The highest BCUT2D eigenvalue weighted by Gasteiger charge is 2.63. The number of nitrogens with zero attached hydrogens (tertiary/aromatic N) is 1. The average Bonchev–Trinajstić information content (AvgIpc) is 3.44. The molecule has 0 radical (unpaired) electrons. The molecule has 1 heterocycles. The Morgan fingerprint density at radius 1 is 1.26 bits per heavy atom. The molecule has 0 saturated heterocycles. The van der Waals surface area contributed by atoms with Crippen LogP contribution in [0.2, 0.25) is 0 Å². The quantitative estimate of drug-likeness (QED) is 0.493. The van der Waals surface area contributed by atoms with Crippen LogP contribution in [0.25, 0.3) is 0 Å². The van der Waals surface area contributed by atoms with E-state index in [-0.39, 0.29) is 23.3 Å². The zero-order valence-electron chi connectivity index (χ0n) is 20.3. The molecule has 0 aliphatic heterocycles. The first-order valence-electron chi connectivity index (χ1n) is 12.7. The Balaban J connectivity index is 1.22. The van der Waals surface area contributed by atoms with E-state index in [1.165, 1.54) is 5.57 Å². The zero-order chi connectivity index (χ0) is 24.0. The number of rotatable bonds is 5. The van der Waals surface area contributed by atoms with Crippen LogP contribution in [-0.4, -0.2) is 28.9 Å². The number of allylic oxidation sites excluding steroid dienone is 2. The Hall–Kier alpha value is -2.52. The highest BCUT2D eigenvalue weighted by atomic mass is 16.6. The summed E-state index contributed by atoms with van der Waals surface area (Å²) in [7, 11) is 0. The fourth-order valence-corrected chi connectivity index (χ4v) is 7.72. The molecule has 0 spiro atoms. The number of carbonyl (C=O) groups is 1. The minimum Gasteiger partial charge on any atom is -0.467 e. The molecular formula is C28H36N2O4. The molecule has 0 aromatic carbocycles. The van der Waals surface area contributed by atoms with Gasteiger partial charge in [-0.05, 0) is 92.7 Å². The first kappa shape index (κ1) is 23.2. The largest absolute Gasteiger partial charge is 0.467 e. The molecule has 0 unspecified atom stereocenters. The molecule has 5 rings (SSSR count). The van der Waals surface area contributed by atoms with Gasteiger partial charge in [-0.2, -0.15) is 0 Å². The van der Waals surface area contributed by atoms with Crippen molar-refractivity contribution in [1.29, 1.82) is 0 Å². The molecule has 34 heavy (non-hydrogen) atoms. The highest BCUT2D eigenvalue weighted by molar-refractivity contribution is 5.96. The van der Waals surface area contributed by atoms with E-state index < -0.39 is 5.60 Å². The van der Waals surface area contributed by atoms with Crippen LogP contribution in [0.15, 0.2) is 39.6 Å². The van der Waals surface area contributed by atoms with Crippen molar-refractivity contribution in [2.45, 2.75) is 77.4 Å². The molecule has 3 saturated carbocycles. The molecule has 6 atom stereocenters. The highest BCUT2D eigenvalue weighted by Crippen LogP contribution is 2.67. The van der Waals surface area contributed by atoms with Crippen LogP contribution in [0.4, 0.5) is 0 Å². The smallest absolute Gasteiger partial charge is 0.261 e. The normalized spacial score (nSPS) is 39.9. The summed E-state index contributed by atoms with van der Waals surface area (Å²) >= 11 is 0. The first-order chi connectivity index (χ1) is 16.3. The van der Waals surface area contributed by atoms with Crippen LogP contribution >= 0.6 is 0 Å². The van der Waals surface area contributed by atoms with Crippen molar-refractivity contribution in [2.75, 3.05) is 6.61 Å². The SMILES string of the molecule is C#C[C@@]1(O)CC[C@@H]2[C@H]3CCC4=C/C(=N/OCC(=O)NCc5ccco5)CC[C@]4(C)[C@H]3CC[C@@]21C. The summed E-state index contributed by atoms with van der Waals surface area (Å²) in [5.41, 5.74) is 1.45. The number of carbonyl (C=O) groups excluding carboxylic acids is 1. The minimum atomic E-state index is -0.951. The van der Waals surface area contributed by atoms with Crippen molar-refractivity contribution in [1.82, 2.24) is 5.32 Å². The summed E-state index contributed by atoms with van der Waals surface area (Å²) in [4.78, 5) is 17.4. The summed E-state index contributed by atoms with van der Waals surface area (Å²) in [6, 6.07) is 3.61. The lowest BCUT2D eigenvalue weighted by Gasteiger charge is -2.58. The predicted octanol–water partition coefficient (Wildman–Crippen LogP) is 4.60. The van der Waals surface area contributed by atoms with E-state index in [0.717, 1.165) is 57.1 Å². The van der Waals surface area contributed by atoms with Crippen LogP contribution in [0.1, 0.15) is 71.0 Å². The third-order valence-electron chi connectivity index (χ3n) is 9.79. The molecule has 6 nitrogen and oxygen atoms in total. The van der Waals surface area contributed by atoms with Gasteiger partial charge in [-0.3, -0.25) is 4.79 Å². The lowest BCUT2D eigenvalue weighted by atomic mass is 9.46. The van der Waals surface area contributed by atoms with Crippen LogP contribution in [-0.2, 0) is 16.2 Å². The van der Waals surface area contributed by atoms with Crippen molar-refractivity contribution in [3.63, 3.8) is 0 Å². The van der Waals surface area contributed by atoms with Crippen molar-refractivity contribution in [3.8, 4) is 12.3 Å². The van der Waals surface area contributed by atoms with Gasteiger partial charge in [0, 0.05) is 5.41 Å². The second kappa shape index (κ2) is 8.61. The summed E-state index contributed by atoms with van der Waals surface area (Å²) in [5.74, 6) is 5.01. The third kappa shape index (κ3) is 3.69. The molecule has 1 aromatic rings. The summed E-state index contributed by atoms with van der Waals surface area (Å²) < 4.78 is 5.21. The van der Waals surface area contributed by atoms with E-state index in [2.05, 4.69) is 36.3 Å². The van der Waals surface area contributed by atoms with Gasteiger partial charge in [-0.15, -0.1) is 6.42 Å². The van der Waals surface area contributed by atoms with Crippen molar-refractivity contribution >= 4 is 11.6 Å². The number of fused-ring (bicyclic) bond motifs is 5. The molecule has 4 aliphatic carbocycles. The van der Waals surface area contributed by atoms with Gasteiger partial charge in [-0.25, -0.2) is 0 Å². The van der Waals surface area contributed by atoms with Gasteiger partial charge in [0.15, 0.2) is 6.61 Å². The lowest BCUT2D eigenvalue weighted by molar-refractivity contribution is -0.125. The molecule has 4 aliphatic rings. The Kier molecular flexibility index (Phi) is 5.88. The first-order valence-corrected chi connectivity index (χ1v) is 12.7. The molecule has 1 aromatic heterocycles. The van der Waals surface area contributed by atoms with Gasteiger partial charge in [0.25, 0.3) is 5.91 Å². The molecule has 0 bridgehead atoms. The fraction of sp³-hybridized carbons (Fsp3) is 0.643. The minimum absolute atomic E-state index is 0.103. The number of hydrogen-bond acceptors (Lipinski definition) is 5.